The van der Waals surface area contributed by atoms with E-state index in [1.807, 2.05) is 12.1 Å². The van der Waals surface area contributed by atoms with Crippen LogP contribution in [0.25, 0.3) is 127 Å². The molecular weight excluding hydrogens is 1830 g/mol. The molecule has 0 bridgehead atoms. The standard InChI is InChI=1S/C43H30N2.C33H26N2.C25H19N.C18H12IN.C15H15N/c1-4-14-30(15-5-1)43(31-16-6-2-7-17-31)39-22-12-10-20-35(39)36-26-24-33(29-40(36)43)44-32-25-27-42-38(28-32)37-21-11-13-23-41(37)45(42)34-18-8-3-9-19-34;1-33(2)29-14-8-6-12-25(29)26-18-16-23(21-30(26)33)34-22-17-19-32-28(20-22)27-13-7-9-15-31(27)35(32)24-10-4-3-5-11-24;26-20-15-16-22-21-13-7-8-14-23(21)25(24(22)17-20,18-9-3-1-4-10-18)19-11-5-2-6-12-19;19-13-10-11-18-16(12-13)15-8-4-5-9-17(15)20(18)14-6-2-1-3-7-14;1-15(2)13-6-4-3-5-11(13)12-8-7-10(16)9-14(12)15/h1-29,44H;3-21,34H,1-2H3;1-17H,26H2;1-12H;3-9H,16H2,1-2H3. The Hall–Kier alpha value is -17.1. The molecule has 0 amide bonds. The number of rotatable bonds is 11. The summed E-state index contributed by atoms with van der Waals surface area (Å²) in [6.07, 6.45) is 0. The van der Waals surface area contributed by atoms with Gasteiger partial charge in [-0.05, 0) is 292 Å². The average molecular weight is 1940 g/mol. The Kier molecular flexibility index (Phi) is 22.3. The fourth-order valence-corrected chi connectivity index (χ4v) is 23.9. The zero-order valence-corrected chi connectivity index (χ0v) is 81.5. The number of nitrogens with two attached hydrogens (primary N) is 2. The first-order chi connectivity index (χ1) is 69.7. The van der Waals surface area contributed by atoms with Gasteiger partial charge in [0.15, 0.2) is 0 Å². The maximum atomic E-state index is 6.24. The average Bonchev–Trinajstić information content (AvgIpc) is 1.54. The molecule has 0 atom stereocenters. The van der Waals surface area contributed by atoms with Gasteiger partial charge in [0.1, 0.15) is 0 Å². The second-order valence-corrected chi connectivity index (χ2v) is 39.7. The van der Waals surface area contributed by atoms with Gasteiger partial charge in [-0.1, -0.05) is 380 Å². The van der Waals surface area contributed by atoms with Gasteiger partial charge in [0.25, 0.3) is 0 Å². The third-order valence-electron chi connectivity index (χ3n) is 29.7. The van der Waals surface area contributed by atoms with Gasteiger partial charge in [-0.3, -0.25) is 0 Å². The molecule has 3 heterocycles. The summed E-state index contributed by atoms with van der Waals surface area (Å²) < 4.78 is 8.31. The molecule has 0 saturated carbocycles. The van der Waals surface area contributed by atoms with Crippen molar-refractivity contribution in [2.45, 2.75) is 49.4 Å². The molecule has 4 aliphatic carbocycles. The van der Waals surface area contributed by atoms with Crippen molar-refractivity contribution in [1.82, 2.24) is 13.7 Å². The Bertz CT molecular complexity index is 8850. The summed E-state index contributed by atoms with van der Waals surface area (Å²) in [5.41, 5.74) is 54.7. The number of fused-ring (bicyclic) bond motifs is 21. The van der Waals surface area contributed by atoms with Crippen molar-refractivity contribution in [2.75, 3.05) is 22.1 Å². The van der Waals surface area contributed by atoms with Crippen molar-refractivity contribution in [3.63, 3.8) is 0 Å². The third kappa shape index (κ3) is 14.8. The summed E-state index contributed by atoms with van der Waals surface area (Å²) >= 11 is 2.38. The van der Waals surface area contributed by atoms with Crippen molar-refractivity contribution in [2.24, 2.45) is 0 Å². The first kappa shape index (κ1) is 87.7. The van der Waals surface area contributed by atoms with Crippen LogP contribution in [0, 0.1) is 3.57 Å². The summed E-state index contributed by atoms with van der Waals surface area (Å²) in [6.45, 7) is 9.17. The van der Waals surface area contributed by atoms with Gasteiger partial charge in [0, 0.05) is 97.9 Å². The number of anilines is 6. The molecule has 6 N–H and O–H groups in total. The number of hydrogen-bond acceptors (Lipinski definition) is 4. The molecule has 24 aromatic rings. The number of para-hydroxylation sites is 6. The zero-order chi connectivity index (χ0) is 95.8. The minimum Gasteiger partial charge on any atom is -0.399 e. The molecule has 680 valence electrons. The lowest BCUT2D eigenvalue weighted by Crippen LogP contribution is -2.28. The Morgan fingerprint density at radius 1 is 0.190 bits per heavy atom. The molecule has 28 rings (SSSR count). The van der Waals surface area contributed by atoms with Crippen LogP contribution in [0.15, 0.2) is 510 Å². The van der Waals surface area contributed by atoms with Crippen LogP contribution in [0.3, 0.4) is 0 Å². The Morgan fingerprint density at radius 2 is 0.430 bits per heavy atom. The molecule has 0 spiro atoms. The normalized spacial score (nSPS) is 13.4. The van der Waals surface area contributed by atoms with Crippen LogP contribution in [0.2, 0.25) is 0 Å². The van der Waals surface area contributed by atoms with Crippen LogP contribution in [0.1, 0.15) is 94.5 Å². The van der Waals surface area contributed by atoms with E-state index in [9.17, 15) is 0 Å². The molecule has 8 heteroatoms. The third-order valence-corrected chi connectivity index (χ3v) is 30.4. The van der Waals surface area contributed by atoms with Gasteiger partial charge in [-0.2, -0.15) is 0 Å². The lowest BCUT2D eigenvalue weighted by molar-refractivity contribution is 0.660. The van der Waals surface area contributed by atoms with Crippen LogP contribution in [0.4, 0.5) is 34.1 Å². The van der Waals surface area contributed by atoms with Crippen molar-refractivity contribution < 1.29 is 0 Å². The largest absolute Gasteiger partial charge is 0.399 e. The van der Waals surface area contributed by atoms with E-state index >= 15 is 0 Å². The highest BCUT2D eigenvalue weighted by Gasteiger charge is 2.48. The first-order valence-corrected chi connectivity index (χ1v) is 49.9. The van der Waals surface area contributed by atoms with Gasteiger partial charge in [-0.25, -0.2) is 0 Å². The summed E-state index contributed by atoms with van der Waals surface area (Å²) in [4.78, 5) is 0. The monoisotopic (exact) mass is 1940 g/mol. The molecule has 0 aliphatic heterocycles. The quantitative estimate of drug-likeness (QED) is 0.0767. The number of benzene rings is 21. The lowest BCUT2D eigenvalue weighted by Gasteiger charge is -2.34. The molecule has 4 aliphatic rings. The van der Waals surface area contributed by atoms with Crippen molar-refractivity contribution in [3.05, 3.63) is 580 Å². The SMILES string of the molecule is CC1(C)c2ccccc2-c2ccc(N)cc21.CC1(C)c2ccccc2-c2ccc(Nc3ccc4c(c3)c3ccccc3n4-c3ccccc3)cc21.Ic1ccc2c(c1)c1ccccc1n2-c1ccccc1.Nc1ccc2c(c1)C(c1ccccc1)(c1ccccc1)c1ccccc1-2.c1ccc(-n2c3ccccc3c3cc(Nc4ccc5c(c4)C(c4ccccc4)(c4ccccc4)c4ccccc4-5)ccc32)cc1. The Balaban J connectivity index is 0.000000100. The van der Waals surface area contributed by atoms with E-state index in [2.05, 4.69) is 572 Å². The van der Waals surface area contributed by atoms with Crippen LogP contribution in [0.5, 0.6) is 0 Å². The van der Waals surface area contributed by atoms with Gasteiger partial charge < -0.3 is 35.8 Å². The highest BCUT2D eigenvalue weighted by molar-refractivity contribution is 14.1. The van der Waals surface area contributed by atoms with Crippen LogP contribution in [-0.2, 0) is 21.7 Å². The Morgan fingerprint density at radius 3 is 0.803 bits per heavy atom. The second-order valence-electron chi connectivity index (χ2n) is 38.5. The molecule has 3 aromatic heterocycles. The molecule has 0 saturated heterocycles. The molecule has 142 heavy (non-hydrogen) atoms. The number of nitrogen functional groups attached to an aromatic ring is 2. The predicted octanol–water partition coefficient (Wildman–Crippen LogP) is 34.3. The number of aromatic nitrogens is 3. The van der Waals surface area contributed by atoms with E-state index in [0.29, 0.717) is 0 Å². The number of halogens is 1. The topological polar surface area (TPSA) is 90.9 Å². The molecule has 0 fully saturated rings. The van der Waals surface area contributed by atoms with E-state index in [4.69, 9.17) is 11.5 Å². The minimum absolute atomic E-state index is 0.00330. The van der Waals surface area contributed by atoms with E-state index in [1.165, 1.54) is 197 Å². The van der Waals surface area contributed by atoms with Crippen molar-refractivity contribution >= 4 is 122 Å². The smallest absolute Gasteiger partial charge is 0.0714 e. The van der Waals surface area contributed by atoms with E-state index < -0.39 is 5.41 Å². The maximum absolute atomic E-state index is 6.24. The maximum Gasteiger partial charge on any atom is 0.0714 e. The van der Waals surface area contributed by atoms with Gasteiger partial charge in [-0.15, -0.1) is 0 Å². The fraction of sp³-hybridized carbons (Fsp3) is 0.0597. The van der Waals surface area contributed by atoms with Crippen LogP contribution in [-0.4, -0.2) is 13.7 Å². The lowest BCUT2D eigenvalue weighted by atomic mass is 9.67. The van der Waals surface area contributed by atoms with Gasteiger partial charge in [0.05, 0.1) is 43.9 Å². The molecular formula is C134H102IN7. The summed E-state index contributed by atoms with van der Waals surface area (Å²) in [6, 6.07) is 182. The van der Waals surface area contributed by atoms with Crippen molar-refractivity contribution in [1.29, 1.82) is 0 Å². The van der Waals surface area contributed by atoms with Gasteiger partial charge >= 0.3 is 0 Å². The minimum atomic E-state index is -0.417. The highest BCUT2D eigenvalue weighted by atomic mass is 127. The van der Waals surface area contributed by atoms with Crippen LogP contribution >= 0.6 is 22.6 Å². The fourth-order valence-electron chi connectivity index (χ4n) is 23.4. The molecule has 7 nitrogen and oxygen atoms in total. The van der Waals surface area contributed by atoms with Crippen molar-refractivity contribution in [3.8, 4) is 61.6 Å². The summed E-state index contributed by atoms with van der Waals surface area (Å²) in [5, 5.41) is 15.1. The number of nitrogens with zero attached hydrogens (tertiary/aromatic N) is 3. The first-order valence-electron chi connectivity index (χ1n) is 48.9. The number of nitrogens with one attached hydrogen (secondary N) is 2. The zero-order valence-electron chi connectivity index (χ0n) is 79.4. The highest BCUT2D eigenvalue weighted by Crippen LogP contribution is 2.60. The van der Waals surface area contributed by atoms with Crippen LogP contribution < -0.4 is 22.1 Å². The number of hydrogen-bond donors (Lipinski definition) is 4. The van der Waals surface area contributed by atoms with Gasteiger partial charge in [0.2, 0.25) is 0 Å². The predicted molar refractivity (Wildman–Crippen MR) is 606 cm³/mol. The van der Waals surface area contributed by atoms with E-state index in [0.717, 1.165) is 34.1 Å². The van der Waals surface area contributed by atoms with E-state index in [-0.39, 0.29) is 16.2 Å². The molecule has 21 aromatic carbocycles. The summed E-state index contributed by atoms with van der Waals surface area (Å²) in [7, 11) is 0. The molecule has 0 unspecified atom stereocenters. The second kappa shape index (κ2) is 36.1. The van der Waals surface area contributed by atoms with E-state index in [1.54, 1.807) is 0 Å². The summed E-state index contributed by atoms with van der Waals surface area (Å²) in [5.74, 6) is 0. The molecule has 0 radical (unpaired) electrons. The Labute approximate surface area is 842 Å².